The molecule has 0 radical (unpaired) electrons. The molecular formula is C8H13ClO2. The number of hydrogen-bond acceptors (Lipinski definition) is 1. The molecule has 2 aliphatic carbocycles. The Hall–Kier alpha value is -0.240. The monoisotopic (exact) mass is 176 g/mol. The first kappa shape index (κ1) is 8.85. The summed E-state index contributed by atoms with van der Waals surface area (Å²) in [6.07, 6.45) is 5.69. The van der Waals surface area contributed by atoms with Crippen LogP contribution in [0.1, 0.15) is 32.1 Å². The van der Waals surface area contributed by atoms with E-state index in [2.05, 4.69) is 0 Å². The number of rotatable bonds is 1. The largest absolute Gasteiger partial charge is 0.481 e. The van der Waals surface area contributed by atoms with Crippen LogP contribution in [-0.2, 0) is 4.79 Å². The standard InChI is InChI=1S/C8H12O2.ClH/c9-7(10)6-2-5-8(6)3-1-4-8;/h6H,1-5H2,(H,9,10);1H. The minimum absolute atomic E-state index is 0. The number of carbonyl (C=O) groups is 1. The van der Waals surface area contributed by atoms with Crippen LogP contribution in [0.5, 0.6) is 0 Å². The fourth-order valence-corrected chi connectivity index (χ4v) is 2.31. The van der Waals surface area contributed by atoms with Crippen LogP contribution in [0.3, 0.4) is 0 Å². The van der Waals surface area contributed by atoms with Crippen LogP contribution in [0.25, 0.3) is 0 Å². The first-order valence-electron chi connectivity index (χ1n) is 3.97. The molecule has 1 N–H and O–H groups in total. The van der Waals surface area contributed by atoms with E-state index in [4.69, 9.17) is 5.11 Å². The topological polar surface area (TPSA) is 37.3 Å². The first-order valence-corrected chi connectivity index (χ1v) is 3.97. The van der Waals surface area contributed by atoms with Crippen molar-refractivity contribution in [2.24, 2.45) is 11.3 Å². The van der Waals surface area contributed by atoms with Gasteiger partial charge in [0, 0.05) is 0 Å². The van der Waals surface area contributed by atoms with Crippen molar-refractivity contribution >= 4 is 18.4 Å². The maximum absolute atomic E-state index is 10.6. The van der Waals surface area contributed by atoms with Crippen LogP contribution >= 0.6 is 12.4 Å². The molecule has 2 nitrogen and oxygen atoms in total. The molecule has 2 saturated carbocycles. The number of hydrogen-bond donors (Lipinski definition) is 1. The molecule has 2 aliphatic rings. The summed E-state index contributed by atoms with van der Waals surface area (Å²) in [4.78, 5) is 10.6. The minimum atomic E-state index is -0.564. The van der Waals surface area contributed by atoms with Gasteiger partial charge in [-0.2, -0.15) is 0 Å². The highest BCUT2D eigenvalue weighted by Gasteiger charge is 2.53. The Bertz CT molecular complexity index is 169. The van der Waals surface area contributed by atoms with Crippen molar-refractivity contribution in [1.82, 2.24) is 0 Å². The molecule has 0 heterocycles. The number of halogens is 1. The summed E-state index contributed by atoms with van der Waals surface area (Å²) in [6, 6.07) is 0. The van der Waals surface area contributed by atoms with Crippen molar-refractivity contribution < 1.29 is 9.90 Å². The number of aliphatic carboxylic acids is 1. The fourth-order valence-electron chi connectivity index (χ4n) is 2.31. The van der Waals surface area contributed by atoms with Gasteiger partial charge in [0.05, 0.1) is 5.92 Å². The number of carboxylic acids is 1. The quantitative estimate of drug-likeness (QED) is 0.664. The van der Waals surface area contributed by atoms with E-state index in [1.54, 1.807) is 0 Å². The highest BCUT2D eigenvalue weighted by atomic mass is 35.5. The van der Waals surface area contributed by atoms with Gasteiger partial charge in [0.15, 0.2) is 0 Å². The van der Waals surface area contributed by atoms with Crippen LogP contribution < -0.4 is 0 Å². The summed E-state index contributed by atoms with van der Waals surface area (Å²) in [5, 5.41) is 8.73. The van der Waals surface area contributed by atoms with E-state index in [-0.39, 0.29) is 23.7 Å². The van der Waals surface area contributed by atoms with Crippen molar-refractivity contribution in [1.29, 1.82) is 0 Å². The molecule has 11 heavy (non-hydrogen) atoms. The van der Waals surface area contributed by atoms with Gasteiger partial charge in [-0.3, -0.25) is 4.79 Å². The molecule has 0 saturated heterocycles. The Morgan fingerprint density at radius 2 is 2.00 bits per heavy atom. The maximum atomic E-state index is 10.6. The summed E-state index contributed by atoms with van der Waals surface area (Å²) in [5.41, 5.74) is 0.284. The Morgan fingerprint density at radius 1 is 1.36 bits per heavy atom. The van der Waals surface area contributed by atoms with Gasteiger partial charge in [-0.25, -0.2) is 0 Å². The van der Waals surface area contributed by atoms with E-state index in [0.29, 0.717) is 0 Å². The van der Waals surface area contributed by atoms with Crippen LogP contribution in [0.15, 0.2) is 0 Å². The zero-order valence-corrected chi connectivity index (χ0v) is 7.19. The van der Waals surface area contributed by atoms with Crippen LogP contribution in [0.2, 0.25) is 0 Å². The maximum Gasteiger partial charge on any atom is 0.307 e. The second-order valence-electron chi connectivity index (χ2n) is 3.65. The average Bonchev–Trinajstić information content (AvgIpc) is 1.53. The third-order valence-corrected chi connectivity index (χ3v) is 3.32. The SMILES string of the molecule is Cl.O=C(O)C1CCC12CCC2. The third kappa shape index (κ3) is 1.04. The van der Waals surface area contributed by atoms with Crippen LogP contribution in [0.4, 0.5) is 0 Å². The molecule has 2 fully saturated rings. The zero-order valence-electron chi connectivity index (χ0n) is 6.38. The molecule has 3 heteroatoms. The minimum Gasteiger partial charge on any atom is -0.481 e. The van der Waals surface area contributed by atoms with Gasteiger partial charge < -0.3 is 5.11 Å². The zero-order chi connectivity index (χ0) is 7.19. The molecule has 0 aromatic carbocycles. The Labute approximate surface area is 72.4 Å². The van der Waals surface area contributed by atoms with Gasteiger partial charge in [-0.15, -0.1) is 12.4 Å². The van der Waals surface area contributed by atoms with Gasteiger partial charge in [0.25, 0.3) is 0 Å². The van der Waals surface area contributed by atoms with E-state index in [1.165, 1.54) is 25.7 Å². The van der Waals surface area contributed by atoms with Crippen LogP contribution in [0, 0.1) is 11.3 Å². The molecule has 0 aliphatic heterocycles. The van der Waals surface area contributed by atoms with E-state index in [0.717, 1.165) is 6.42 Å². The van der Waals surface area contributed by atoms with Crippen molar-refractivity contribution in [2.75, 3.05) is 0 Å². The summed E-state index contributed by atoms with van der Waals surface area (Å²) < 4.78 is 0. The fraction of sp³-hybridized carbons (Fsp3) is 0.875. The molecule has 1 unspecified atom stereocenters. The Morgan fingerprint density at radius 3 is 2.09 bits per heavy atom. The van der Waals surface area contributed by atoms with Crippen LogP contribution in [-0.4, -0.2) is 11.1 Å². The lowest BCUT2D eigenvalue weighted by molar-refractivity contribution is -0.161. The molecular weight excluding hydrogens is 164 g/mol. The van der Waals surface area contributed by atoms with Gasteiger partial charge >= 0.3 is 5.97 Å². The normalized spacial score (nSPS) is 31.5. The lowest BCUT2D eigenvalue weighted by Gasteiger charge is -2.54. The Balaban J connectivity index is 0.000000605. The second kappa shape index (κ2) is 2.67. The van der Waals surface area contributed by atoms with Gasteiger partial charge in [-0.1, -0.05) is 6.42 Å². The van der Waals surface area contributed by atoms with Gasteiger partial charge in [-0.05, 0) is 31.1 Å². The molecule has 0 aromatic heterocycles. The first-order chi connectivity index (χ1) is 4.75. The van der Waals surface area contributed by atoms with E-state index in [9.17, 15) is 4.79 Å². The molecule has 0 aromatic rings. The summed E-state index contributed by atoms with van der Waals surface area (Å²) in [5.74, 6) is -0.549. The van der Waals surface area contributed by atoms with Gasteiger partial charge in [0.1, 0.15) is 0 Å². The van der Waals surface area contributed by atoms with E-state index < -0.39 is 5.97 Å². The lowest BCUT2D eigenvalue weighted by atomic mass is 9.50. The predicted molar refractivity (Wildman–Crippen MR) is 43.9 cm³/mol. The molecule has 64 valence electrons. The van der Waals surface area contributed by atoms with Crippen molar-refractivity contribution in [2.45, 2.75) is 32.1 Å². The molecule has 0 amide bonds. The van der Waals surface area contributed by atoms with Crippen molar-refractivity contribution in [3.8, 4) is 0 Å². The molecule has 1 spiro atoms. The summed E-state index contributed by atoms with van der Waals surface area (Å²) in [6.45, 7) is 0. The average molecular weight is 177 g/mol. The molecule has 0 bridgehead atoms. The summed E-state index contributed by atoms with van der Waals surface area (Å²) >= 11 is 0. The van der Waals surface area contributed by atoms with E-state index >= 15 is 0 Å². The molecule has 1 atom stereocenters. The lowest BCUT2D eigenvalue weighted by Crippen LogP contribution is -2.49. The third-order valence-electron chi connectivity index (χ3n) is 3.32. The predicted octanol–water partition coefficient (Wildman–Crippen LogP) is 2.07. The van der Waals surface area contributed by atoms with Gasteiger partial charge in [0.2, 0.25) is 0 Å². The van der Waals surface area contributed by atoms with Crippen molar-refractivity contribution in [3.63, 3.8) is 0 Å². The van der Waals surface area contributed by atoms with Crippen molar-refractivity contribution in [3.05, 3.63) is 0 Å². The van der Waals surface area contributed by atoms with E-state index in [1.807, 2.05) is 0 Å². The summed E-state index contributed by atoms with van der Waals surface area (Å²) in [7, 11) is 0. The molecule has 2 rings (SSSR count). The second-order valence-corrected chi connectivity index (χ2v) is 3.65. The smallest absolute Gasteiger partial charge is 0.307 e. The Kier molecular flexibility index (Phi) is 2.15. The highest BCUT2D eigenvalue weighted by Crippen LogP contribution is 2.59. The highest BCUT2D eigenvalue weighted by molar-refractivity contribution is 5.85. The number of carboxylic acid groups (broad SMARTS) is 1.